The Morgan fingerprint density at radius 3 is 1.90 bits per heavy atom. The zero-order valence-corrected chi connectivity index (χ0v) is 19.7. The standard InChI is InChI=1S/C24H45NO3S/c1-3-4-5-6-7-8-9-10-11-12-13-14-15-16-17-18-19-23(26)25-22(24(27)28)20-21-29-2/h11-12,22H,3-10,13-21H2,1-2H3,(H,25,26)(H,27,28)/b12-11-/t22-/m0/s1. The summed E-state index contributed by atoms with van der Waals surface area (Å²) < 4.78 is 0. The average Bonchev–Trinajstić information content (AvgIpc) is 2.70. The molecule has 0 unspecified atom stereocenters. The Kier molecular flexibility index (Phi) is 21.0. The van der Waals surface area contributed by atoms with Gasteiger partial charge in [-0.2, -0.15) is 11.8 Å². The van der Waals surface area contributed by atoms with E-state index in [1.54, 1.807) is 11.8 Å². The van der Waals surface area contributed by atoms with Crippen LogP contribution in [0, 0.1) is 0 Å². The van der Waals surface area contributed by atoms with Crippen LogP contribution in [-0.2, 0) is 9.59 Å². The smallest absolute Gasteiger partial charge is 0.326 e. The number of carbonyl (C=O) groups excluding carboxylic acids is 1. The van der Waals surface area contributed by atoms with Gasteiger partial charge in [-0.3, -0.25) is 4.79 Å². The molecule has 0 aromatic carbocycles. The van der Waals surface area contributed by atoms with Crippen molar-refractivity contribution in [2.75, 3.05) is 12.0 Å². The Hall–Kier alpha value is -0.970. The number of hydrogen-bond donors (Lipinski definition) is 2. The summed E-state index contributed by atoms with van der Waals surface area (Å²) in [4.78, 5) is 23.0. The largest absolute Gasteiger partial charge is 0.480 e. The monoisotopic (exact) mass is 427 g/mol. The van der Waals surface area contributed by atoms with Crippen LogP contribution in [0.3, 0.4) is 0 Å². The number of carboxylic acid groups (broad SMARTS) is 1. The average molecular weight is 428 g/mol. The van der Waals surface area contributed by atoms with Crippen LogP contribution in [0.4, 0.5) is 0 Å². The summed E-state index contributed by atoms with van der Waals surface area (Å²) in [6.07, 6.45) is 24.9. The quantitative estimate of drug-likeness (QED) is 0.157. The predicted molar refractivity (Wildman–Crippen MR) is 127 cm³/mol. The van der Waals surface area contributed by atoms with E-state index >= 15 is 0 Å². The number of thioether (sulfide) groups is 1. The van der Waals surface area contributed by atoms with Crippen LogP contribution in [0.5, 0.6) is 0 Å². The van der Waals surface area contributed by atoms with E-state index in [0.29, 0.717) is 12.8 Å². The lowest BCUT2D eigenvalue weighted by molar-refractivity contribution is -0.141. The first-order chi connectivity index (χ1) is 14.1. The van der Waals surface area contributed by atoms with Gasteiger partial charge in [-0.1, -0.05) is 76.9 Å². The molecule has 0 aliphatic carbocycles. The SMILES string of the molecule is CCCCCCCCC/C=C\CCCCCCCC(=O)N[C@@H](CCSC)C(=O)O. The summed E-state index contributed by atoms with van der Waals surface area (Å²) in [6, 6.07) is -0.747. The first kappa shape index (κ1) is 28.0. The molecule has 0 saturated carbocycles. The van der Waals surface area contributed by atoms with Crippen molar-refractivity contribution in [1.29, 1.82) is 0 Å². The molecule has 1 atom stereocenters. The van der Waals surface area contributed by atoms with Gasteiger partial charge < -0.3 is 10.4 Å². The van der Waals surface area contributed by atoms with Gasteiger partial charge in [0.2, 0.25) is 5.91 Å². The molecular formula is C24H45NO3S. The van der Waals surface area contributed by atoms with Crippen LogP contribution in [-0.4, -0.2) is 35.0 Å². The molecule has 0 aromatic heterocycles. The van der Waals surface area contributed by atoms with Gasteiger partial charge in [-0.25, -0.2) is 4.79 Å². The van der Waals surface area contributed by atoms with Gasteiger partial charge in [0.15, 0.2) is 0 Å². The van der Waals surface area contributed by atoms with E-state index in [2.05, 4.69) is 24.4 Å². The zero-order valence-electron chi connectivity index (χ0n) is 18.9. The van der Waals surface area contributed by atoms with E-state index < -0.39 is 12.0 Å². The molecule has 0 saturated heterocycles. The fourth-order valence-corrected chi connectivity index (χ4v) is 3.76. The highest BCUT2D eigenvalue weighted by atomic mass is 32.2. The maximum atomic E-state index is 11.9. The lowest BCUT2D eigenvalue weighted by Gasteiger charge is -2.13. The van der Waals surface area contributed by atoms with E-state index in [1.807, 2.05) is 6.26 Å². The van der Waals surface area contributed by atoms with Gasteiger partial charge in [0.1, 0.15) is 6.04 Å². The van der Waals surface area contributed by atoms with E-state index in [-0.39, 0.29) is 5.91 Å². The molecule has 0 heterocycles. The van der Waals surface area contributed by atoms with E-state index in [1.165, 1.54) is 64.2 Å². The predicted octanol–water partition coefficient (Wildman–Crippen LogP) is 6.74. The molecule has 0 aliphatic rings. The topological polar surface area (TPSA) is 66.4 Å². The van der Waals surface area contributed by atoms with Crippen molar-refractivity contribution in [1.82, 2.24) is 5.32 Å². The molecule has 0 radical (unpaired) electrons. The Labute approximate surface area is 183 Å². The third-order valence-electron chi connectivity index (χ3n) is 5.16. The van der Waals surface area contributed by atoms with Gasteiger partial charge in [0.05, 0.1) is 0 Å². The molecule has 0 aromatic rings. The van der Waals surface area contributed by atoms with E-state index in [9.17, 15) is 9.59 Å². The molecule has 0 aliphatic heterocycles. The molecule has 4 nitrogen and oxygen atoms in total. The third kappa shape index (κ3) is 20.1. The third-order valence-corrected chi connectivity index (χ3v) is 5.80. The first-order valence-corrected chi connectivity index (χ1v) is 13.2. The number of allylic oxidation sites excluding steroid dienone is 2. The maximum Gasteiger partial charge on any atom is 0.326 e. The molecule has 5 heteroatoms. The number of carboxylic acids is 1. The summed E-state index contributed by atoms with van der Waals surface area (Å²) in [5.41, 5.74) is 0. The van der Waals surface area contributed by atoms with Crippen molar-refractivity contribution < 1.29 is 14.7 Å². The van der Waals surface area contributed by atoms with Gasteiger partial charge in [0, 0.05) is 6.42 Å². The van der Waals surface area contributed by atoms with E-state index in [0.717, 1.165) is 31.4 Å². The molecule has 29 heavy (non-hydrogen) atoms. The summed E-state index contributed by atoms with van der Waals surface area (Å²) in [5, 5.41) is 11.8. The Bertz CT molecular complexity index is 426. The zero-order chi connectivity index (χ0) is 21.6. The minimum Gasteiger partial charge on any atom is -0.480 e. The van der Waals surface area contributed by atoms with Gasteiger partial charge in [0.25, 0.3) is 0 Å². The first-order valence-electron chi connectivity index (χ1n) is 11.8. The highest BCUT2D eigenvalue weighted by molar-refractivity contribution is 7.98. The lowest BCUT2D eigenvalue weighted by Crippen LogP contribution is -2.41. The van der Waals surface area contributed by atoms with E-state index in [4.69, 9.17) is 5.11 Å². The fraction of sp³-hybridized carbons (Fsp3) is 0.833. The summed E-state index contributed by atoms with van der Waals surface area (Å²) in [6.45, 7) is 2.26. The second-order valence-electron chi connectivity index (χ2n) is 7.93. The minimum atomic E-state index is -0.938. The summed E-state index contributed by atoms with van der Waals surface area (Å²) in [5.74, 6) is -0.329. The van der Waals surface area contributed by atoms with Crippen molar-refractivity contribution in [3.05, 3.63) is 12.2 Å². The molecule has 0 spiro atoms. The van der Waals surface area contributed by atoms with Gasteiger partial charge in [-0.15, -0.1) is 0 Å². The molecular weight excluding hydrogens is 382 g/mol. The lowest BCUT2D eigenvalue weighted by atomic mass is 10.1. The molecule has 170 valence electrons. The number of nitrogens with one attached hydrogen (secondary N) is 1. The number of carbonyl (C=O) groups is 2. The number of hydrogen-bond acceptors (Lipinski definition) is 3. The van der Waals surface area contributed by atoms with Gasteiger partial charge in [-0.05, 0) is 50.5 Å². The van der Waals surface area contributed by atoms with Crippen molar-refractivity contribution >= 4 is 23.6 Å². The van der Waals surface area contributed by atoms with Crippen LogP contribution in [0.25, 0.3) is 0 Å². The molecule has 1 amide bonds. The van der Waals surface area contributed by atoms with Crippen molar-refractivity contribution in [2.24, 2.45) is 0 Å². The normalized spacial score (nSPS) is 12.3. The second-order valence-corrected chi connectivity index (χ2v) is 8.91. The Morgan fingerprint density at radius 1 is 0.862 bits per heavy atom. The maximum absolute atomic E-state index is 11.9. The highest BCUT2D eigenvalue weighted by Crippen LogP contribution is 2.11. The number of rotatable bonds is 21. The molecule has 2 N–H and O–H groups in total. The van der Waals surface area contributed by atoms with Crippen molar-refractivity contribution in [2.45, 2.75) is 116 Å². The van der Waals surface area contributed by atoms with Crippen LogP contribution in [0.15, 0.2) is 12.2 Å². The second kappa shape index (κ2) is 21.7. The molecule has 0 bridgehead atoms. The van der Waals surface area contributed by atoms with Crippen molar-refractivity contribution in [3.63, 3.8) is 0 Å². The fourth-order valence-electron chi connectivity index (χ4n) is 3.29. The van der Waals surface area contributed by atoms with Gasteiger partial charge >= 0.3 is 5.97 Å². The molecule has 0 fully saturated rings. The Balaban J connectivity index is 3.45. The van der Waals surface area contributed by atoms with Crippen LogP contribution >= 0.6 is 11.8 Å². The highest BCUT2D eigenvalue weighted by Gasteiger charge is 2.18. The molecule has 0 rings (SSSR count). The van der Waals surface area contributed by atoms with Crippen LogP contribution < -0.4 is 5.32 Å². The number of amides is 1. The summed E-state index contributed by atoms with van der Waals surface area (Å²) in [7, 11) is 0. The van der Waals surface area contributed by atoms with Crippen molar-refractivity contribution in [3.8, 4) is 0 Å². The number of unbranched alkanes of at least 4 members (excludes halogenated alkanes) is 12. The van der Waals surface area contributed by atoms with Crippen LogP contribution in [0.2, 0.25) is 0 Å². The number of aliphatic carboxylic acids is 1. The Morgan fingerprint density at radius 2 is 1.38 bits per heavy atom. The van der Waals surface area contributed by atoms with Crippen LogP contribution in [0.1, 0.15) is 110 Å². The minimum absolute atomic E-state index is 0.133. The summed E-state index contributed by atoms with van der Waals surface area (Å²) >= 11 is 1.60.